The Balaban J connectivity index is 2.35. The van der Waals surface area contributed by atoms with Crippen molar-refractivity contribution < 1.29 is 9.90 Å². The molecular weight excluding hydrogens is 256 g/mol. The maximum Gasteiger partial charge on any atom is 0.317 e. The van der Waals surface area contributed by atoms with E-state index in [-0.39, 0.29) is 0 Å². The summed E-state index contributed by atoms with van der Waals surface area (Å²) in [5.41, 5.74) is 2.53. The maximum absolute atomic E-state index is 10.5. The normalized spacial score (nSPS) is 12.4. The van der Waals surface area contributed by atoms with E-state index in [9.17, 15) is 4.79 Å². The lowest BCUT2D eigenvalue weighted by molar-refractivity contribution is -0.136. The monoisotopic (exact) mass is 270 g/mol. The second kappa shape index (κ2) is 5.91. The van der Waals surface area contributed by atoms with Gasteiger partial charge in [-0.05, 0) is 31.7 Å². The predicted molar refractivity (Wildman–Crippen MR) is 64.5 cm³/mol. The largest absolute Gasteiger partial charge is 0.480 e. The Morgan fingerprint density at radius 3 is 2.87 bits per heavy atom. The second-order valence-electron chi connectivity index (χ2n) is 3.69. The summed E-state index contributed by atoms with van der Waals surface area (Å²) >= 11 is 3.13. The van der Waals surface area contributed by atoms with Crippen molar-refractivity contribution >= 4 is 21.9 Å². The van der Waals surface area contributed by atoms with Crippen LogP contribution in [0.5, 0.6) is 0 Å². The van der Waals surface area contributed by atoms with Crippen LogP contribution in [0.4, 0.5) is 0 Å². The summed E-state index contributed by atoms with van der Waals surface area (Å²) in [7, 11) is 0. The molecule has 0 aliphatic heterocycles. The van der Waals surface area contributed by atoms with Crippen molar-refractivity contribution in [2.75, 3.05) is 0 Å². The molecule has 0 heterocycles. The average Bonchev–Trinajstić information content (AvgIpc) is 2.17. The third kappa shape index (κ3) is 4.47. The van der Waals surface area contributed by atoms with Crippen LogP contribution in [-0.4, -0.2) is 15.9 Å². The van der Waals surface area contributed by atoms with Crippen LogP contribution in [0.2, 0.25) is 0 Å². The van der Waals surface area contributed by atoms with Crippen molar-refractivity contribution in [1.82, 2.24) is 0 Å². The summed E-state index contributed by atoms with van der Waals surface area (Å²) in [6.07, 6.45) is 2.51. The molecule has 1 rings (SSSR count). The maximum atomic E-state index is 10.5. The molecule has 0 amide bonds. The van der Waals surface area contributed by atoms with Gasteiger partial charge in [0.25, 0.3) is 0 Å². The summed E-state index contributed by atoms with van der Waals surface area (Å²) < 4.78 is 0. The van der Waals surface area contributed by atoms with Crippen molar-refractivity contribution in [2.24, 2.45) is 0 Å². The molecule has 1 unspecified atom stereocenters. The quantitative estimate of drug-likeness (QED) is 0.835. The van der Waals surface area contributed by atoms with Gasteiger partial charge in [0, 0.05) is 0 Å². The van der Waals surface area contributed by atoms with Crippen LogP contribution in [0.1, 0.15) is 24.0 Å². The molecule has 15 heavy (non-hydrogen) atoms. The highest BCUT2D eigenvalue weighted by Gasteiger charge is 2.11. The number of hydrogen-bond acceptors (Lipinski definition) is 1. The molecule has 0 radical (unpaired) electrons. The van der Waals surface area contributed by atoms with Gasteiger partial charge < -0.3 is 5.11 Å². The van der Waals surface area contributed by atoms with Gasteiger partial charge in [-0.25, -0.2) is 0 Å². The van der Waals surface area contributed by atoms with Gasteiger partial charge in [0.15, 0.2) is 0 Å². The molecule has 0 bridgehead atoms. The van der Waals surface area contributed by atoms with Crippen LogP contribution in [-0.2, 0) is 11.2 Å². The van der Waals surface area contributed by atoms with Crippen molar-refractivity contribution in [1.29, 1.82) is 0 Å². The topological polar surface area (TPSA) is 37.3 Å². The number of aryl methyl sites for hydroxylation is 2. The van der Waals surface area contributed by atoms with E-state index in [2.05, 4.69) is 41.1 Å². The van der Waals surface area contributed by atoms with Crippen molar-refractivity contribution in [3.05, 3.63) is 35.4 Å². The van der Waals surface area contributed by atoms with E-state index < -0.39 is 10.8 Å². The standard InChI is InChI=1S/C12H15BrO2/c1-9-4-2-5-10(8-9)6-3-7-11(13)12(14)15/h2,4-5,8,11H,3,6-7H2,1H3,(H,14,15). The average molecular weight is 271 g/mol. The van der Waals surface area contributed by atoms with Gasteiger partial charge in [-0.15, -0.1) is 0 Å². The number of benzene rings is 1. The zero-order valence-electron chi connectivity index (χ0n) is 8.74. The Morgan fingerprint density at radius 2 is 2.27 bits per heavy atom. The summed E-state index contributed by atoms with van der Waals surface area (Å²) in [6.45, 7) is 2.06. The molecule has 3 heteroatoms. The molecule has 82 valence electrons. The molecule has 0 saturated heterocycles. The third-order valence-electron chi connectivity index (χ3n) is 2.27. The van der Waals surface area contributed by atoms with Crippen molar-refractivity contribution in [3.8, 4) is 0 Å². The van der Waals surface area contributed by atoms with E-state index in [1.165, 1.54) is 11.1 Å². The number of carboxylic acid groups (broad SMARTS) is 1. The van der Waals surface area contributed by atoms with Crippen LogP contribution in [0, 0.1) is 6.92 Å². The van der Waals surface area contributed by atoms with Crippen LogP contribution in [0.25, 0.3) is 0 Å². The molecule has 0 aliphatic rings. The Bertz CT molecular complexity index is 336. The van der Waals surface area contributed by atoms with Gasteiger partial charge in [-0.1, -0.05) is 45.8 Å². The lowest BCUT2D eigenvalue weighted by Gasteiger charge is -2.05. The number of hydrogen-bond donors (Lipinski definition) is 1. The number of rotatable bonds is 5. The predicted octanol–water partition coefficient (Wildman–Crippen LogP) is 3.17. The van der Waals surface area contributed by atoms with Crippen LogP contribution in [0.15, 0.2) is 24.3 Å². The van der Waals surface area contributed by atoms with E-state index in [1.807, 2.05) is 6.07 Å². The van der Waals surface area contributed by atoms with Crippen molar-refractivity contribution in [3.63, 3.8) is 0 Å². The molecule has 2 nitrogen and oxygen atoms in total. The van der Waals surface area contributed by atoms with E-state index in [0.717, 1.165) is 12.8 Å². The SMILES string of the molecule is Cc1cccc(CCCC(Br)C(=O)O)c1. The Labute approximate surface area is 98.4 Å². The fourth-order valence-electron chi connectivity index (χ4n) is 1.48. The molecule has 0 spiro atoms. The van der Waals surface area contributed by atoms with Crippen LogP contribution >= 0.6 is 15.9 Å². The van der Waals surface area contributed by atoms with Crippen LogP contribution in [0.3, 0.4) is 0 Å². The molecule has 0 fully saturated rings. The highest BCUT2D eigenvalue weighted by Crippen LogP contribution is 2.12. The van der Waals surface area contributed by atoms with E-state index >= 15 is 0 Å². The first kappa shape index (κ1) is 12.2. The molecule has 1 atom stereocenters. The molecule has 1 aromatic rings. The number of carbonyl (C=O) groups is 1. The molecule has 0 aromatic heterocycles. The summed E-state index contributed by atoms with van der Waals surface area (Å²) in [6, 6.07) is 8.32. The minimum absolute atomic E-state index is 0.415. The molecule has 0 saturated carbocycles. The first-order valence-electron chi connectivity index (χ1n) is 5.02. The lowest BCUT2D eigenvalue weighted by Crippen LogP contribution is -2.12. The number of aliphatic carboxylic acids is 1. The minimum Gasteiger partial charge on any atom is -0.480 e. The van der Waals surface area contributed by atoms with Crippen molar-refractivity contribution in [2.45, 2.75) is 31.0 Å². The Kier molecular flexibility index (Phi) is 4.82. The summed E-state index contributed by atoms with van der Waals surface area (Å²) in [5.74, 6) is -0.778. The van der Waals surface area contributed by atoms with Gasteiger partial charge in [-0.2, -0.15) is 0 Å². The highest BCUT2D eigenvalue weighted by atomic mass is 79.9. The molecular formula is C12H15BrO2. The fourth-order valence-corrected chi connectivity index (χ4v) is 1.80. The van der Waals surface area contributed by atoms with Crippen LogP contribution < -0.4 is 0 Å². The second-order valence-corrected chi connectivity index (χ2v) is 4.79. The smallest absolute Gasteiger partial charge is 0.317 e. The van der Waals surface area contributed by atoms with Gasteiger partial charge in [0.1, 0.15) is 4.83 Å². The Morgan fingerprint density at radius 1 is 1.53 bits per heavy atom. The van der Waals surface area contributed by atoms with E-state index in [1.54, 1.807) is 0 Å². The first-order chi connectivity index (χ1) is 7.09. The minimum atomic E-state index is -0.778. The van der Waals surface area contributed by atoms with Gasteiger partial charge >= 0.3 is 5.97 Å². The van der Waals surface area contributed by atoms with Gasteiger partial charge in [0.05, 0.1) is 0 Å². The lowest BCUT2D eigenvalue weighted by atomic mass is 10.1. The summed E-state index contributed by atoms with van der Waals surface area (Å²) in [5, 5.41) is 8.68. The van der Waals surface area contributed by atoms with Gasteiger partial charge in [-0.3, -0.25) is 4.79 Å². The molecule has 1 N–H and O–H groups in total. The first-order valence-corrected chi connectivity index (χ1v) is 5.93. The number of halogens is 1. The summed E-state index contributed by atoms with van der Waals surface area (Å²) in [4.78, 5) is 10.1. The zero-order valence-corrected chi connectivity index (χ0v) is 10.3. The highest BCUT2D eigenvalue weighted by molar-refractivity contribution is 9.10. The molecule has 1 aromatic carbocycles. The molecule has 0 aliphatic carbocycles. The zero-order chi connectivity index (χ0) is 11.3. The van der Waals surface area contributed by atoms with E-state index in [4.69, 9.17) is 5.11 Å². The van der Waals surface area contributed by atoms with E-state index in [0.29, 0.717) is 6.42 Å². The number of carboxylic acids is 1. The fraction of sp³-hybridized carbons (Fsp3) is 0.417. The van der Waals surface area contributed by atoms with Gasteiger partial charge in [0.2, 0.25) is 0 Å². The Hall–Kier alpha value is -0.830. The third-order valence-corrected chi connectivity index (χ3v) is 3.12. The number of alkyl halides is 1.